The first-order chi connectivity index (χ1) is 7.40. The lowest BCUT2D eigenvalue weighted by atomic mass is 9.97. The number of hydrogen-bond acceptors (Lipinski definition) is 4. The highest BCUT2D eigenvalue weighted by Gasteiger charge is 2.26. The molecule has 1 fully saturated rings. The van der Waals surface area contributed by atoms with Crippen LogP contribution >= 0.6 is 0 Å². The molecule has 0 amide bonds. The number of hydrogen-bond donors (Lipinski definition) is 2. The summed E-state index contributed by atoms with van der Waals surface area (Å²) in [5.74, 6) is 1.71. The molecule has 2 N–H and O–H groups in total. The van der Waals surface area contributed by atoms with Crippen LogP contribution in [0.1, 0.15) is 19.3 Å². The molecule has 1 aromatic heterocycles. The minimum Gasteiger partial charge on any atom is -0.396 e. The number of aromatic nitrogens is 2. The Bertz CT molecular complexity index is 291. The van der Waals surface area contributed by atoms with E-state index in [-0.39, 0.29) is 0 Å². The van der Waals surface area contributed by atoms with Gasteiger partial charge in [-0.25, -0.2) is 9.97 Å². The molecule has 4 heteroatoms. The van der Waals surface area contributed by atoms with Crippen LogP contribution in [-0.2, 0) is 0 Å². The highest BCUT2D eigenvalue weighted by molar-refractivity contribution is 5.22. The molecule has 15 heavy (non-hydrogen) atoms. The SMILES string of the molecule is OCC1CCCC1CNc1ncccn1. The van der Waals surface area contributed by atoms with E-state index in [1.54, 1.807) is 18.5 Å². The quantitative estimate of drug-likeness (QED) is 0.781. The van der Waals surface area contributed by atoms with Gasteiger partial charge in [-0.15, -0.1) is 0 Å². The topological polar surface area (TPSA) is 58.0 Å². The first-order valence-corrected chi connectivity index (χ1v) is 5.52. The van der Waals surface area contributed by atoms with Gasteiger partial charge in [0.2, 0.25) is 5.95 Å². The Kier molecular flexibility index (Phi) is 3.50. The Morgan fingerprint density at radius 2 is 2.00 bits per heavy atom. The van der Waals surface area contributed by atoms with Gasteiger partial charge < -0.3 is 10.4 Å². The first kappa shape index (κ1) is 10.4. The Morgan fingerprint density at radius 3 is 2.73 bits per heavy atom. The van der Waals surface area contributed by atoms with Crippen LogP contribution in [0.5, 0.6) is 0 Å². The normalized spacial score (nSPS) is 25.4. The average molecular weight is 207 g/mol. The predicted octanol–water partition coefficient (Wildman–Crippen LogP) is 1.30. The maximum absolute atomic E-state index is 9.17. The fourth-order valence-electron chi connectivity index (χ4n) is 2.24. The number of nitrogens with one attached hydrogen (secondary N) is 1. The number of nitrogens with zero attached hydrogens (tertiary/aromatic N) is 2. The van der Waals surface area contributed by atoms with E-state index in [0.29, 0.717) is 24.4 Å². The van der Waals surface area contributed by atoms with Crippen molar-refractivity contribution in [3.05, 3.63) is 18.5 Å². The summed E-state index contributed by atoms with van der Waals surface area (Å²) < 4.78 is 0. The minimum absolute atomic E-state index is 0.308. The summed E-state index contributed by atoms with van der Waals surface area (Å²) in [4.78, 5) is 8.21. The van der Waals surface area contributed by atoms with Crippen molar-refractivity contribution in [3.8, 4) is 0 Å². The van der Waals surface area contributed by atoms with E-state index in [1.165, 1.54) is 12.8 Å². The van der Waals surface area contributed by atoms with Gasteiger partial charge in [0.25, 0.3) is 0 Å². The highest BCUT2D eigenvalue weighted by atomic mass is 16.3. The third-order valence-electron chi connectivity index (χ3n) is 3.14. The first-order valence-electron chi connectivity index (χ1n) is 5.52. The van der Waals surface area contributed by atoms with Crippen LogP contribution in [0.4, 0.5) is 5.95 Å². The zero-order valence-electron chi connectivity index (χ0n) is 8.76. The van der Waals surface area contributed by atoms with E-state index in [1.807, 2.05) is 0 Å². The second-order valence-electron chi connectivity index (χ2n) is 4.09. The molecule has 0 saturated heterocycles. The number of aliphatic hydroxyl groups is 1. The van der Waals surface area contributed by atoms with Crippen molar-refractivity contribution in [1.29, 1.82) is 0 Å². The molecular formula is C11H17N3O. The van der Waals surface area contributed by atoms with Crippen LogP contribution in [0.3, 0.4) is 0 Å². The lowest BCUT2D eigenvalue weighted by Crippen LogP contribution is -2.21. The second-order valence-corrected chi connectivity index (χ2v) is 4.09. The molecule has 2 rings (SSSR count). The molecule has 0 aliphatic heterocycles. The molecule has 1 aliphatic rings. The van der Waals surface area contributed by atoms with Crippen molar-refractivity contribution in [2.75, 3.05) is 18.5 Å². The summed E-state index contributed by atoms with van der Waals surface area (Å²) in [5.41, 5.74) is 0. The van der Waals surface area contributed by atoms with Crippen LogP contribution in [-0.4, -0.2) is 28.2 Å². The fourth-order valence-corrected chi connectivity index (χ4v) is 2.24. The molecule has 2 atom stereocenters. The van der Waals surface area contributed by atoms with Crippen molar-refractivity contribution < 1.29 is 5.11 Å². The molecule has 2 unspecified atom stereocenters. The number of anilines is 1. The summed E-state index contributed by atoms with van der Waals surface area (Å²) in [6, 6.07) is 1.80. The molecule has 0 spiro atoms. The molecule has 82 valence electrons. The molecule has 0 aromatic carbocycles. The summed E-state index contributed by atoms with van der Waals surface area (Å²) >= 11 is 0. The van der Waals surface area contributed by atoms with Gasteiger partial charge in [0.1, 0.15) is 0 Å². The summed E-state index contributed by atoms with van der Waals surface area (Å²) in [5, 5.41) is 12.4. The Hall–Kier alpha value is -1.16. The maximum Gasteiger partial charge on any atom is 0.222 e. The van der Waals surface area contributed by atoms with Gasteiger partial charge in [-0.1, -0.05) is 6.42 Å². The molecule has 1 aliphatic carbocycles. The van der Waals surface area contributed by atoms with Crippen LogP contribution < -0.4 is 5.32 Å². The molecule has 1 heterocycles. The van der Waals surface area contributed by atoms with Gasteiger partial charge in [0.05, 0.1) is 0 Å². The molecule has 0 bridgehead atoms. The van der Waals surface area contributed by atoms with Crippen LogP contribution in [0.15, 0.2) is 18.5 Å². The van der Waals surface area contributed by atoms with Crippen LogP contribution in [0, 0.1) is 11.8 Å². The summed E-state index contributed by atoms with van der Waals surface area (Å²) in [6.45, 7) is 1.18. The Labute approximate surface area is 89.8 Å². The van der Waals surface area contributed by atoms with Gasteiger partial charge in [0, 0.05) is 25.5 Å². The lowest BCUT2D eigenvalue weighted by Gasteiger charge is -2.17. The third-order valence-corrected chi connectivity index (χ3v) is 3.14. The van der Waals surface area contributed by atoms with Crippen molar-refractivity contribution in [2.45, 2.75) is 19.3 Å². The maximum atomic E-state index is 9.17. The van der Waals surface area contributed by atoms with Gasteiger partial charge in [-0.2, -0.15) is 0 Å². The second kappa shape index (κ2) is 5.07. The predicted molar refractivity (Wildman–Crippen MR) is 58.4 cm³/mol. The van der Waals surface area contributed by atoms with E-state index in [4.69, 9.17) is 0 Å². The van der Waals surface area contributed by atoms with Crippen LogP contribution in [0.2, 0.25) is 0 Å². The fraction of sp³-hybridized carbons (Fsp3) is 0.636. The van der Waals surface area contributed by atoms with E-state index in [9.17, 15) is 5.11 Å². The summed E-state index contributed by atoms with van der Waals surface area (Å²) in [6.07, 6.45) is 7.04. The molecule has 1 aromatic rings. The van der Waals surface area contributed by atoms with Crippen molar-refractivity contribution in [2.24, 2.45) is 11.8 Å². The molecule has 1 saturated carbocycles. The van der Waals surface area contributed by atoms with E-state index in [0.717, 1.165) is 13.0 Å². The standard InChI is InChI=1S/C11H17N3O/c15-8-10-4-1-3-9(10)7-14-11-12-5-2-6-13-11/h2,5-6,9-10,15H,1,3-4,7-8H2,(H,12,13,14). The largest absolute Gasteiger partial charge is 0.396 e. The molecule has 0 radical (unpaired) electrons. The van der Waals surface area contributed by atoms with Gasteiger partial charge in [-0.3, -0.25) is 0 Å². The minimum atomic E-state index is 0.308. The zero-order chi connectivity index (χ0) is 10.5. The van der Waals surface area contributed by atoms with Crippen molar-refractivity contribution >= 4 is 5.95 Å². The number of rotatable bonds is 4. The Morgan fingerprint density at radius 1 is 1.27 bits per heavy atom. The third kappa shape index (κ3) is 2.65. The highest BCUT2D eigenvalue weighted by Crippen LogP contribution is 2.31. The molecule has 4 nitrogen and oxygen atoms in total. The van der Waals surface area contributed by atoms with Crippen LogP contribution in [0.25, 0.3) is 0 Å². The van der Waals surface area contributed by atoms with Gasteiger partial charge in [0.15, 0.2) is 0 Å². The smallest absolute Gasteiger partial charge is 0.222 e. The van der Waals surface area contributed by atoms with E-state index < -0.39 is 0 Å². The lowest BCUT2D eigenvalue weighted by molar-refractivity contribution is 0.199. The summed E-state index contributed by atoms with van der Waals surface area (Å²) in [7, 11) is 0. The van der Waals surface area contributed by atoms with E-state index in [2.05, 4.69) is 15.3 Å². The van der Waals surface area contributed by atoms with Gasteiger partial charge in [-0.05, 0) is 30.7 Å². The molecular weight excluding hydrogens is 190 g/mol. The monoisotopic (exact) mass is 207 g/mol. The zero-order valence-corrected chi connectivity index (χ0v) is 8.76. The Balaban J connectivity index is 1.83. The van der Waals surface area contributed by atoms with E-state index >= 15 is 0 Å². The average Bonchev–Trinajstić information content (AvgIpc) is 2.75. The van der Waals surface area contributed by atoms with Gasteiger partial charge >= 0.3 is 0 Å². The van der Waals surface area contributed by atoms with Crippen molar-refractivity contribution in [1.82, 2.24) is 9.97 Å². The van der Waals surface area contributed by atoms with Crippen molar-refractivity contribution in [3.63, 3.8) is 0 Å². The number of aliphatic hydroxyl groups excluding tert-OH is 1.